The van der Waals surface area contributed by atoms with Crippen molar-refractivity contribution in [1.29, 1.82) is 0 Å². The largest absolute Gasteiger partial charge is 0.345 e. The zero-order chi connectivity index (χ0) is 8.81. The fourth-order valence-corrected chi connectivity index (χ4v) is 0.634. The highest BCUT2D eigenvalue weighted by Crippen LogP contribution is 1.87. The maximum Gasteiger partial charge on any atom is 0.217 e. The van der Waals surface area contributed by atoms with Gasteiger partial charge in [0.2, 0.25) is 5.91 Å². The van der Waals surface area contributed by atoms with E-state index in [1.165, 1.54) is 6.92 Å². The fraction of sp³-hybridized carbons (Fsp3) is 0.250. The van der Waals surface area contributed by atoms with Crippen LogP contribution in [0.15, 0.2) is 12.4 Å². The van der Waals surface area contributed by atoms with Gasteiger partial charge in [0.05, 0.1) is 18.3 Å². The van der Waals surface area contributed by atoms with E-state index in [4.69, 9.17) is 0 Å². The molecule has 0 fully saturated rings. The molecule has 4 nitrogen and oxygen atoms in total. The molecule has 0 aliphatic rings. The molecule has 0 saturated carbocycles. The summed E-state index contributed by atoms with van der Waals surface area (Å²) in [5.74, 6) is 5.53. The molecule has 0 bridgehead atoms. The van der Waals surface area contributed by atoms with E-state index in [2.05, 4.69) is 27.4 Å². The van der Waals surface area contributed by atoms with Crippen LogP contribution in [-0.4, -0.2) is 22.6 Å². The summed E-state index contributed by atoms with van der Waals surface area (Å²) in [6.07, 6.45) is 3.32. The summed E-state index contributed by atoms with van der Waals surface area (Å²) in [5.41, 5.74) is 0.820. The lowest BCUT2D eigenvalue weighted by atomic mass is 10.4. The Morgan fingerprint density at radius 3 is 3.25 bits per heavy atom. The van der Waals surface area contributed by atoms with Gasteiger partial charge in [-0.2, -0.15) is 5.10 Å². The molecule has 62 valence electrons. The van der Waals surface area contributed by atoms with E-state index in [0.717, 1.165) is 5.56 Å². The summed E-state index contributed by atoms with van der Waals surface area (Å²) in [6, 6.07) is 0. The molecule has 0 spiro atoms. The van der Waals surface area contributed by atoms with Crippen molar-refractivity contribution in [2.45, 2.75) is 6.92 Å². The van der Waals surface area contributed by atoms with E-state index < -0.39 is 0 Å². The average molecular weight is 163 g/mol. The SMILES string of the molecule is CC(=O)NCC#Cc1cn[nH]c1. The first-order valence-electron chi connectivity index (χ1n) is 3.51. The van der Waals surface area contributed by atoms with Gasteiger partial charge in [-0.05, 0) is 0 Å². The van der Waals surface area contributed by atoms with Gasteiger partial charge >= 0.3 is 0 Å². The van der Waals surface area contributed by atoms with Crippen LogP contribution < -0.4 is 5.32 Å². The maximum absolute atomic E-state index is 10.4. The van der Waals surface area contributed by atoms with Crippen molar-refractivity contribution in [1.82, 2.24) is 15.5 Å². The number of nitrogens with one attached hydrogen (secondary N) is 2. The van der Waals surface area contributed by atoms with Gasteiger partial charge in [0.15, 0.2) is 0 Å². The van der Waals surface area contributed by atoms with Crippen molar-refractivity contribution in [2.24, 2.45) is 0 Å². The van der Waals surface area contributed by atoms with Gasteiger partial charge in [-0.3, -0.25) is 9.89 Å². The number of aromatic nitrogens is 2. The molecular weight excluding hydrogens is 154 g/mol. The van der Waals surface area contributed by atoms with Crippen LogP contribution in [0.1, 0.15) is 12.5 Å². The zero-order valence-electron chi connectivity index (χ0n) is 6.72. The van der Waals surface area contributed by atoms with Gasteiger partial charge in [0.1, 0.15) is 0 Å². The van der Waals surface area contributed by atoms with Crippen molar-refractivity contribution in [3.8, 4) is 11.8 Å². The van der Waals surface area contributed by atoms with Crippen LogP contribution in [0.2, 0.25) is 0 Å². The number of aromatic amines is 1. The summed E-state index contributed by atoms with van der Waals surface area (Å²) >= 11 is 0. The van der Waals surface area contributed by atoms with E-state index in [-0.39, 0.29) is 5.91 Å². The van der Waals surface area contributed by atoms with E-state index in [0.29, 0.717) is 6.54 Å². The lowest BCUT2D eigenvalue weighted by Gasteiger charge is -1.89. The second-order valence-electron chi connectivity index (χ2n) is 2.20. The standard InChI is InChI=1S/C8H9N3O/c1-7(12)9-4-2-3-8-5-10-11-6-8/h5-6H,4H2,1H3,(H,9,12)(H,10,11). The summed E-state index contributed by atoms with van der Waals surface area (Å²) in [7, 11) is 0. The smallest absolute Gasteiger partial charge is 0.217 e. The number of H-pyrrole nitrogens is 1. The lowest BCUT2D eigenvalue weighted by Crippen LogP contribution is -2.19. The summed E-state index contributed by atoms with van der Waals surface area (Å²) in [4.78, 5) is 10.4. The molecule has 2 N–H and O–H groups in total. The molecule has 1 amide bonds. The number of nitrogens with zero attached hydrogens (tertiary/aromatic N) is 1. The molecule has 0 unspecified atom stereocenters. The third-order valence-corrected chi connectivity index (χ3v) is 1.16. The van der Waals surface area contributed by atoms with Gasteiger partial charge in [0, 0.05) is 13.1 Å². The Morgan fingerprint density at radius 2 is 2.67 bits per heavy atom. The number of hydrogen-bond acceptors (Lipinski definition) is 2. The molecule has 0 aromatic carbocycles. The van der Waals surface area contributed by atoms with Gasteiger partial charge in [-0.1, -0.05) is 11.8 Å². The molecule has 0 saturated heterocycles. The minimum Gasteiger partial charge on any atom is -0.345 e. The van der Waals surface area contributed by atoms with Gasteiger partial charge in [-0.25, -0.2) is 0 Å². The molecule has 1 aromatic rings. The Hall–Kier alpha value is -1.76. The minimum atomic E-state index is -0.0727. The molecule has 1 aromatic heterocycles. The highest BCUT2D eigenvalue weighted by molar-refractivity contribution is 5.73. The highest BCUT2D eigenvalue weighted by atomic mass is 16.1. The van der Waals surface area contributed by atoms with Crippen LogP contribution in [-0.2, 0) is 4.79 Å². The number of amides is 1. The zero-order valence-corrected chi connectivity index (χ0v) is 6.72. The summed E-state index contributed by atoms with van der Waals surface area (Å²) in [5, 5.41) is 8.93. The maximum atomic E-state index is 10.4. The first-order valence-corrected chi connectivity index (χ1v) is 3.51. The Kier molecular flexibility index (Phi) is 2.91. The van der Waals surface area contributed by atoms with Crippen molar-refractivity contribution >= 4 is 5.91 Å². The normalized spacial score (nSPS) is 8.42. The third-order valence-electron chi connectivity index (χ3n) is 1.16. The van der Waals surface area contributed by atoms with Gasteiger partial charge < -0.3 is 5.32 Å². The highest BCUT2D eigenvalue weighted by Gasteiger charge is 1.85. The number of carbonyl (C=O) groups excluding carboxylic acids is 1. The number of carbonyl (C=O) groups is 1. The fourth-order valence-electron chi connectivity index (χ4n) is 0.634. The Balaban J connectivity index is 2.35. The molecule has 1 heterocycles. The molecule has 0 aliphatic carbocycles. The van der Waals surface area contributed by atoms with Crippen LogP contribution in [0.25, 0.3) is 0 Å². The molecule has 0 aliphatic heterocycles. The second kappa shape index (κ2) is 4.19. The van der Waals surface area contributed by atoms with Crippen LogP contribution in [0.3, 0.4) is 0 Å². The number of hydrogen-bond donors (Lipinski definition) is 2. The lowest BCUT2D eigenvalue weighted by molar-refractivity contribution is -0.118. The van der Waals surface area contributed by atoms with E-state index in [1.54, 1.807) is 12.4 Å². The van der Waals surface area contributed by atoms with Crippen LogP contribution in [0, 0.1) is 11.8 Å². The Bertz CT molecular complexity index is 305. The first-order chi connectivity index (χ1) is 5.79. The molecular formula is C8H9N3O. The van der Waals surface area contributed by atoms with Crippen molar-refractivity contribution in [3.63, 3.8) is 0 Å². The summed E-state index contributed by atoms with van der Waals surface area (Å²) < 4.78 is 0. The van der Waals surface area contributed by atoms with Crippen LogP contribution >= 0.6 is 0 Å². The second-order valence-corrected chi connectivity index (χ2v) is 2.20. The predicted octanol–water partition coefficient (Wildman–Crippen LogP) is -0.103. The molecule has 4 heteroatoms. The van der Waals surface area contributed by atoms with Crippen LogP contribution in [0.5, 0.6) is 0 Å². The molecule has 0 radical (unpaired) electrons. The van der Waals surface area contributed by atoms with Crippen LogP contribution in [0.4, 0.5) is 0 Å². The van der Waals surface area contributed by atoms with E-state index in [1.807, 2.05) is 0 Å². The molecule has 12 heavy (non-hydrogen) atoms. The average Bonchev–Trinajstić information content (AvgIpc) is 2.49. The molecule has 0 atom stereocenters. The predicted molar refractivity (Wildman–Crippen MR) is 44.1 cm³/mol. The van der Waals surface area contributed by atoms with E-state index in [9.17, 15) is 4.79 Å². The third kappa shape index (κ3) is 2.88. The number of rotatable bonds is 1. The monoisotopic (exact) mass is 163 g/mol. The van der Waals surface area contributed by atoms with Crippen molar-refractivity contribution < 1.29 is 4.79 Å². The Morgan fingerprint density at radius 1 is 1.83 bits per heavy atom. The van der Waals surface area contributed by atoms with Gasteiger partial charge in [-0.15, -0.1) is 0 Å². The van der Waals surface area contributed by atoms with Crippen molar-refractivity contribution in [2.75, 3.05) is 6.54 Å². The molecule has 1 rings (SSSR count). The quantitative estimate of drug-likeness (QED) is 0.568. The Labute approximate surface area is 70.4 Å². The van der Waals surface area contributed by atoms with E-state index >= 15 is 0 Å². The van der Waals surface area contributed by atoms with Gasteiger partial charge in [0.25, 0.3) is 0 Å². The van der Waals surface area contributed by atoms with Crippen molar-refractivity contribution in [3.05, 3.63) is 18.0 Å². The first kappa shape index (κ1) is 8.34. The summed E-state index contributed by atoms with van der Waals surface area (Å²) in [6.45, 7) is 1.83. The minimum absolute atomic E-state index is 0.0727. The topological polar surface area (TPSA) is 57.8 Å².